The number of carbonyl (C=O) groups is 1. The summed E-state index contributed by atoms with van der Waals surface area (Å²) >= 11 is 0. The summed E-state index contributed by atoms with van der Waals surface area (Å²) in [5.41, 5.74) is 7.67. The second kappa shape index (κ2) is 6.89. The van der Waals surface area contributed by atoms with Crippen LogP contribution in [0.4, 0.5) is 0 Å². The van der Waals surface area contributed by atoms with E-state index in [-0.39, 0.29) is 5.91 Å². The molecule has 1 aliphatic rings. The van der Waals surface area contributed by atoms with Gasteiger partial charge in [0, 0.05) is 18.2 Å². The number of likely N-dealkylation sites (tertiary alicyclic amines) is 1. The van der Waals surface area contributed by atoms with Crippen LogP contribution in [0.2, 0.25) is 0 Å². The first-order valence-electron chi connectivity index (χ1n) is 7.74. The van der Waals surface area contributed by atoms with Gasteiger partial charge in [0.25, 0.3) is 5.91 Å². The van der Waals surface area contributed by atoms with Crippen molar-refractivity contribution < 1.29 is 4.79 Å². The van der Waals surface area contributed by atoms with Crippen LogP contribution in [-0.2, 0) is 0 Å². The first-order chi connectivity index (χ1) is 9.63. The molecule has 2 N–H and O–H groups in total. The molecule has 0 aromatic heterocycles. The Labute approximate surface area is 122 Å². The Hall–Kier alpha value is -1.35. The number of nitrogens with two attached hydrogens (primary N) is 1. The highest BCUT2D eigenvalue weighted by molar-refractivity contribution is 5.94. The second-order valence-electron chi connectivity index (χ2n) is 6.00. The van der Waals surface area contributed by atoms with Crippen molar-refractivity contribution in [2.45, 2.75) is 51.5 Å². The standard InChI is InChI=1S/C17H26N2O/c1-13(2)14-7-9-15(10-8-14)17(20)19-12-4-6-16(19)5-3-11-18/h7-10,13,16H,3-6,11-12,18H2,1-2H3. The molecule has 2 rings (SSSR count). The van der Waals surface area contributed by atoms with Gasteiger partial charge < -0.3 is 10.6 Å². The SMILES string of the molecule is CC(C)c1ccc(C(=O)N2CCCC2CCCN)cc1. The molecule has 1 unspecified atom stereocenters. The Kier molecular flexibility index (Phi) is 5.18. The van der Waals surface area contributed by atoms with Crippen molar-refractivity contribution in [3.05, 3.63) is 35.4 Å². The lowest BCUT2D eigenvalue weighted by Crippen LogP contribution is -2.35. The van der Waals surface area contributed by atoms with E-state index in [0.29, 0.717) is 18.5 Å². The molecule has 1 aliphatic heterocycles. The van der Waals surface area contributed by atoms with Crippen LogP contribution >= 0.6 is 0 Å². The molecule has 0 bridgehead atoms. The number of rotatable bonds is 5. The van der Waals surface area contributed by atoms with Gasteiger partial charge in [-0.05, 0) is 55.8 Å². The van der Waals surface area contributed by atoms with Crippen molar-refractivity contribution in [1.29, 1.82) is 0 Å². The number of amides is 1. The molecule has 1 aromatic rings. The summed E-state index contributed by atoms with van der Waals surface area (Å²) in [5.74, 6) is 0.683. The molecule has 1 aromatic carbocycles. The summed E-state index contributed by atoms with van der Waals surface area (Å²) in [5, 5.41) is 0. The first-order valence-corrected chi connectivity index (χ1v) is 7.74. The van der Waals surface area contributed by atoms with Gasteiger partial charge in [0.1, 0.15) is 0 Å². The van der Waals surface area contributed by atoms with E-state index in [9.17, 15) is 4.79 Å². The van der Waals surface area contributed by atoms with Gasteiger partial charge in [0.15, 0.2) is 0 Å². The van der Waals surface area contributed by atoms with E-state index in [4.69, 9.17) is 5.73 Å². The molecule has 1 saturated heterocycles. The lowest BCUT2D eigenvalue weighted by Gasteiger charge is -2.25. The number of hydrogen-bond acceptors (Lipinski definition) is 2. The van der Waals surface area contributed by atoms with Gasteiger partial charge in [-0.25, -0.2) is 0 Å². The molecular formula is C17H26N2O. The minimum atomic E-state index is 0.180. The van der Waals surface area contributed by atoms with Crippen LogP contribution in [0.5, 0.6) is 0 Å². The summed E-state index contributed by atoms with van der Waals surface area (Å²) in [6.07, 6.45) is 4.27. The van der Waals surface area contributed by atoms with Crippen molar-refractivity contribution >= 4 is 5.91 Å². The highest BCUT2D eigenvalue weighted by Gasteiger charge is 2.28. The van der Waals surface area contributed by atoms with Crippen molar-refractivity contribution in [3.8, 4) is 0 Å². The summed E-state index contributed by atoms with van der Waals surface area (Å²) in [7, 11) is 0. The lowest BCUT2D eigenvalue weighted by molar-refractivity contribution is 0.0729. The Morgan fingerprint density at radius 2 is 2.05 bits per heavy atom. The maximum Gasteiger partial charge on any atom is 0.254 e. The number of carbonyl (C=O) groups excluding carboxylic acids is 1. The summed E-state index contributed by atoms with van der Waals surface area (Å²) in [4.78, 5) is 14.6. The van der Waals surface area contributed by atoms with Gasteiger partial charge in [-0.3, -0.25) is 4.79 Å². The van der Waals surface area contributed by atoms with E-state index >= 15 is 0 Å². The van der Waals surface area contributed by atoms with E-state index in [2.05, 4.69) is 26.0 Å². The summed E-state index contributed by atoms with van der Waals surface area (Å²) < 4.78 is 0. The molecule has 110 valence electrons. The maximum absolute atomic E-state index is 12.6. The van der Waals surface area contributed by atoms with Gasteiger partial charge in [0.2, 0.25) is 0 Å². The predicted octanol–water partition coefficient (Wildman–Crippen LogP) is 3.15. The minimum absolute atomic E-state index is 0.180. The van der Waals surface area contributed by atoms with Gasteiger partial charge in [-0.15, -0.1) is 0 Å². The Bertz CT molecular complexity index is 439. The normalized spacial score (nSPS) is 18.8. The fraction of sp³-hybridized carbons (Fsp3) is 0.588. The molecule has 0 aliphatic carbocycles. The zero-order valence-electron chi connectivity index (χ0n) is 12.6. The van der Waals surface area contributed by atoms with Gasteiger partial charge in [-0.2, -0.15) is 0 Å². The molecule has 0 radical (unpaired) electrons. The predicted molar refractivity (Wildman–Crippen MR) is 82.9 cm³/mol. The molecule has 1 atom stereocenters. The average molecular weight is 274 g/mol. The van der Waals surface area contributed by atoms with Gasteiger partial charge >= 0.3 is 0 Å². The van der Waals surface area contributed by atoms with Gasteiger partial charge in [-0.1, -0.05) is 26.0 Å². The van der Waals surface area contributed by atoms with Gasteiger partial charge in [0.05, 0.1) is 0 Å². The summed E-state index contributed by atoms with van der Waals surface area (Å²) in [6.45, 7) is 5.93. The Balaban J connectivity index is 2.06. The Morgan fingerprint density at radius 3 is 2.65 bits per heavy atom. The third-order valence-corrected chi connectivity index (χ3v) is 4.20. The summed E-state index contributed by atoms with van der Waals surface area (Å²) in [6, 6.07) is 8.47. The van der Waals surface area contributed by atoms with Crippen LogP contribution in [0.15, 0.2) is 24.3 Å². The fourth-order valence-corrected chi connectivity index (χ4v) is 2.93. The largest absolute Gasteiger partial charge is 0.336 e. The topological polar surface area (TPSA) is 46.3 Å². The second-order valence-corrected chi connectivity index (χ2v) is 6.00. The van der Waals surface area contributed by atoms with E-state index < -0.39 is 0 Å². The van der Waals surface area contributed by atoms with E-state index in [1.165, 1.54) is 5.56 Å². The number of nitrogens with zero attached hydrogens (tertiary/aromatic N) is 1. The van der Waals surface area contributed by atoms with E-state index in [0.717, 1.165) is 37.8 Å². The fourth-order valence-electron chi connectivity index (χ4n) is 2.93. The average Bonchev–Trinajstić information content (AvgIpc) is 2.92. The maximum atomic E-state index is 12.6. The third kappa shape index (κ3) is 3.40. The molecule has 3 nitrogen and oxygen atoms in total. The first kappa shape index (κ1) is 15.0. The molecule has 0 saturated carbocycles. The smallest absolute Gasteiger partial charge is 0.254 e. The molecule has 1 heterocycles. The molecule has 3 heteroatoms. The molecule has 1 fully saturated rings. The van der Waals surface area contributed by atoms with E-state index in [1.54, 1.807) is 0 Å². The van der Waals surface area contributed by atoms with Crippen LogP contribution in [0.3, 0.4) is 0 Å². The quantitative estimate of drug-likeness (QED) is 0.896. The highest BCUT2D eigenvalue weighted by atomic mass is 16.2. The monoisotopic (exact) mass is 274 g/mol. The van der Waals surface area contributed by atoms with E-state index in [1.807, 2.05) is 17.0 Å². The van der Waals surface area contributed by atoms with Crippen LogP contribution < -0.4 is 5.73 Å². The van der Waals surface area contributed by atoms with Crippen molar-refractivity contribution in [1.82, 2.24) is 4.90 Å². The zero-order valence-corrected chi connectivity index (χ0v) is 12.6. The van der Waals surface area contributed by atoms with Crippen molar-refractivity contribution in [2.75, 3.05) is 13.1 Å². The third-order valence-electron chi connectivity index (χ3n) is 4.20. The zero-order chi connectivity index (χ0) is 14.5. The number of hydrogen-bond donors (Lipinski definition) is 1. The lowest BCUT2D eigenvalue weighted by atomic mass is 10.0. The molecular weight excluding hydrogens is 248 g/mol. The van der Waals surface area contributed by atoms with Crippen LogP contribution in [0.1, 0.15) is 61.4 Å². The van der Waals surface area contributed by atoms with Crippen molar-refractivity contribution in [3.63, 3.8) is 0 Å². The highest BCUT2D eigenvalue weighted by Crippen LogP contribution is 2.24. The van der Waals surface area contributed by atoms with Crippen LogP contribution in [0, 0.1) is 0 Å². The molecule has 20 heavy (non-hydrogen) atoms. The number of benzene rings is 1. The van der Waals surface area contributed by atoms with Crippen LogP contribution in [-0.4, -0.2) is 29.9 Å². The Morgan fingerprint density at radius 1 is 1.35 bits per heavy atom. The molecule has 0 spiro atoms. The molecule has 1 amide bonds. The van der Waals surface area contributed by atoms with Crippen molar-refractivity contribution in [2.24, 2.45) is 5.73 Å². The van der Waals surface area contributed by atoms with Crippen LogP contribution in [0.25, 0.3) is 0 Å². The minimum Gasteiger partial charge on any atom is -0.336 e.